The number of nitrogens with one attached hydrogen (secondary N) is 1. The topological polar surface area (TPSA) is 38.0 Å². The molecule has 1 fully saturated rings. The lowest BCUT2D eigenvalue weighted by Crippen LogP contribution is -2.37. The van der Waals surface area contributed by atoms with Crippen molar-refractivity contribution in [1.82, 2.24) is 5.43 Å². The summed E-state index contributed by atoms with van der Waals surface area (Å²) in [5.74, 6) is 7.58. The summed E-state index contributed by atoms with van der Waals surface area (Å²) in [6.45, 7) is 6.41. The van der Waals surface area contributed by atoms with E-state index in [1.807, 2.05) is 12.1 Å². The molecular formula is C16H25FN2. The van der Waals surface area contributed by atoms with Crippen LogP contribution in [-0.2, 0) is 0 Å². The van der Waals surface area contributed by atoms with Crippen molar-refractivity contribution in [3.8, 4) is 0 Å². The van der Waals surface area contributed by atoms with Gasteiger partial charge in [-0.05, 0) is 54.7 Å². The minimum Gasteiger partial charge on any atom is -0.271 e. The van der Waals surface area contributed by atoms with Gasteiger partial charge in [-0.2, -0.15) is 0 Å². The molecule has 0 saturated heterocycles. The molecule has 0 bridgehead atoms. The molecule has 0 heterocycles. The van der Waals surface area contributed by atoms with Crippen molar-refractivity contribution >= 4 is 0 Å². The van der Waals surface area contributed by atoms with Gasteiger partial charge in [0.2, 0.25) is 0 Å². The van der Waals surface area contributed by atoms with Crippen molar-refractivity contribution in [1.29, 1.82) is 0 Å². The normalized spacial score (nSPS) is 29.2. The summed E-state index contributed by atoms with van der Waals surface area (Å²) in [6, 6.07) is 5.52. The zero-order valence-electron chi connectivity index (χ0n) is 12.1. The molecule has 3 N–H and O–H groups in total. The predicted octanol–water partition coefficient (Wildman–Crippen LogP) is 3.71. The van der Waals surface area contributed by atoms with E-state index in [1.165, 1.54) is 6.42 Å². The van der Waals surface area contributed by atoms with Gasteiger partial charge in [-0.3, -0.25) is 11.3 Å². The van der Waals surface area contributed by atoms with E-state index in [4.69, 9.17) is 5.84 Å². The van der Waals surface area contributed by atoms with Gasteiger partial charge >= 0.3 is 0 Å². The average Bonchev–Trinajstić information content (AvgIpc) is 2.39. The Morgan fingerprint density at radius 1 is 1.26 bits per heavy atom. The number of rotatable bonds is 3. The fraction of sp³-hybridized carbons (Fsp3) is 0.625. The summed E-state index contributed by atoms with van der Waals surface area (Å²) in [5, 5.41) is 0. The zero-order valence-corrected chi connectivity index (χ0v) is 12.1. The van der Waals surface area contributed by atoms with E-state index in [0.29, 0.717) is 17.4 Å². The maximum Gasteiger partial charge on any atom is 0.126 e. The van der Waals surface area contributed by atoms with Crippen LogP contribution in [0, 0.1) is 30.5 Å². The minimum atomic E-state index is -0.144. The smallest absolute Gasteiger partial charge is 0.126 e. The summed E-state index contributed by atoms with van der Waals surface area (Å²) in [7, 11) is 0. The summed E-state index contributed by atoms with van der Waals surface area (Å²) in [4.78, 5) is 0. The molecule has 0 radical (unpaired) electrons. The minimum absolute atomic E-state index is 0.0602. The highest BCUT2D eigenvalue weighted by Crippen LogP contribution is 2.39. The van der Waals surface area contributed by atoms with Crippen LogP contribution in [0.25, 0.3) is 0 Å². The van der Waals surface area contributed by atoms with Crippen LogP contribution in [0.2, 0.25) is 0 Å². The van der Waals surface area contributed by atoms with Crippen molar-refractivity contribution in [2.24, 2.45) is 23.6 Å². The van der Waals surface area contributed by atoms with Crippen LogP contribution < -0.4 is 11.3 Å². The third-order valence-corrected chi connectivity index (χ3v) is 4.84. The molecule has 19 heavy (non-hydrogen) atoms. The second-order valence-electron chi connectivity index (χ2n) is 6.18. The number of benzene rings is 1. The number of hydrogen-bond acceptors (Lipinski definition) is 2. The Morgan fingerprint density at radius 2 is 2.00 bits per heavy atom. The molecule has 3 heteroatoms. The quantitative estimate of drug-likeness (QED) is 0.645. The van der Waals surface area contributed by atoms with E-state index < -0.39 is 0 Å². The Morgan fingerprint density at radius 3 is 2.58 bits per heavy atom. The van der Waals surface area contributed by atoms with E-state index in [0.717, 1.165) is 24.3 Å². The Kier molecular flexibility index (Phi) is 4.58. The van der Waals surface area contributed by atoms with Crippen LogP contribution in [0.1, 0.15) is 50.3 Å². The lowest BCUT2D eigenvalue weighted by Gasteiger charge is -2.36. The van der Waals surface area contributed by atoms with Crippen molar-refractivity contribution < 1.29 is 4.39 Å². The molecule has 2 nitrogen and oxygen atoms in total. The van der Waals surface area contributed by atoms with Crippen LogP contribution in [-0.4, -0.2) is 0 Å². The molecule has 1 aromatic rings. The summed E-state index contributed by atoms with van der Waals surface area (Å²) < 4.78 is 13.7. The maximum absolute atomic E-state index is 13.7. The molecule has 0 amide bonds. The Labute approximate surface area is 115 Å². The van der Waals surface area contributed by atoms with Crippen LogP contribution in [0.5, 0.6) is 0 Å². The van der Waals surface area contributed by atoms with E-state index in [1.54, 1.807) is 13.0 Å². The average molecular weight is 264 g/mol. The standard InChI is InChI=1S/C16H25FN2/c1-10-4-6-13(8-12(10)3)16(19-18)14-7-5-11(2)15(17)9-14/h5,7,9-10,12-13,16,19H,4,6,8,18H2,1-3H3. The molecule has 1 saturated carbocycles. The predicted molar refractivity (Wildman–Crippen MR) is 76.9 cm³/mol. The molecule has 4 atom stereocenters. The second kappa shape index (κ2) is 6.02. The first-order valence-corrected chi connectivity index (χ1v) is 7.25. The summed E-state index contributed by atoms with van der Waals surface area (Å²) >= 11 is 0. The molecule has 0 spiro atoms. The first-order valence-electron chi connectivity index (χ1n) is 7.25. The van der Waals surface area contributed by atoms with Crippen LogP contribution in [0.15, 0.2) is 18.2 Å². The highest BCUT2D eigenvalue weighted by atomic mass is 19.1. The second-order valence-corrected chi connectivity index (χ2v) is 6.18. The lowest BCUT2D eigenvalue weighted by atomic mass is 9.72. The highest BCUT2D eigenvalue weighted by Gasteiger charge is 2.30. The molecule has 1 aliphatic rings. The van der Waals surface area contributed by atoms with Crippen LogP contribution >= 0.6 is 0 Å². The van der Waals surface area contributed by atoms with Crippen LogP contribution in [0.3, 0.4) is 0 Å². The molecule has 1 aromatic carbocycles. The van der Waals surface area contributed by atoms with Gasteiger partial charge in [-0.25, -0.2) is 4.39 Å². The van der Waals surface area contributed by atoms with Gasteiger partial charge in [0.05, 0.1) is 0 Å². The number of halogens is 1. The number of aryl methyl sites for hydroxylation is 1. The zero-order chi connectivity index (χ0) is 14.0. The van der Waals surface area contributed by atoms with Crippen molar-refractivity contribution in [2.45, 2.75) is 46.1 Å². The van der Waals surface area contributed by atoms with Gasteiger partial charge in [0.15, 0.2) is 0 Å². The van der Waals surface area contributed by atoms with Crippen molar-refractivity contribution in [2.75, 3.05) is 0 Å². The van der Waals surface area contributed by atoms with E-state index in [2.05, 4.69) is 19.3 Å². The van der Waals surface area contributed by atoms with E-state index >= 15 is 0 Å². The Hall–Kier alpha value is -0.930. The maximum atomic E-state index is 13.7. The third-order valence-electron chi connectivity index (χ3n) is 4.84. The Bertz CT molecular complexity index is 433. The summed E-state index contributed by atoms with van der Waals surface area (Å²) in [6.07, 6.45) is 3.56. The first kappa shape index (κ1) is 14.5. The monoisotopic (exact) mass is 264 g/mol. The molecule has 4 unspecified atom stereocenters. The van der Waals surface area contributed by atoms with E-state index in [-0.39, 0.29) is 11.9 Å². The molecule has 106 valence electrons. The molecule has 0 aromatic heterocycles. The van der Waals surface area contributed by atoms with Gasteiger partial charge in [0, 0.05) is 6.04 Å². The van der Waals surface area contributed by atoms with Crippen LogP contribution in [0.4, 0.5) is 4.39 Å². The lowest BCUT2D eigenvalue weighted by molar-refractivity contribution is 0.171. The fourth-order valence-corrected chi connectivity index (χ4v) is 3.20. The van der Waals surface area contributed by atoms with Gasteiger partial charge < -0.3 is 0 Å². The van der Waals surface area contributed by atoms with Crippen molar-refractivity contribution in [3.05, 3.63) is 35.1 Å². The Balaban J connectivity index is 2.17. The largest absolute Gasteiger partial charge is 0.271 e. The molecular weight excluding hydrogens is 239 g/mol. The third kappa shape index (κ3) is 3.15. The fourth-order valence-electron chi connectivity index (χ4n) is 3.20. The summed E-state index contributed by atoms with van der Waals surface area (Å²) in [5.41, 5.74) is 4.56. The highest BCUT2D eigenvalue weighted by molar-refractivity contribution is 5.26. The van der Waals surface area contributed by atoms with Gasteiger partial charge in [-0.1, -0.05) is 32.4 Å². The number of hydrazine groups is 1. The van der Waals surface area contributed by atoms with Gasteiger partial charge in [-0.15, -0.1) is 0 Å². The molecule has 1 aliphatic carbocycles. The molecule has 0 aliphatic heterocycles. The molecule has 2 rings (SSSR count). The van der Waals surface area contributed by atoms with Gasteiger partial charge in [0.25, 0.3) is 0 Å². The van der Waals surface area contributed by atoms with Crippen molar-refractivity contribution in [3.63, 3.8) is 0 Å². The number of nitrogens with two attached hydrogens (primary N) is 1. The first-order chi connectivity index (χ1) is 9.02. The number of hydrogen-bond donors (Lipinski definition) is 2. The van der Waals surface area contributed by atoms with E-state index in [9.17, 15) is 4.39 Å². The van der Waals surface area contributed by atoms with Gasteiger partial charge in [0.1, 0.15) is 5.82 Å². The SMILES string of the molecule is Cc1ccc(C(NN)C2CCC(C)C(C)C2)cc1F.